The van der Waals surface area contributed by atoms with Crippen LogP contribution in [-0.2, 0) is 14.3 Å². The number of nitro groups is 1. The van der Waals surface area contributed by atoms with Crippen molar-refractivity contribution in [1.82, 2.24) is 4.90 Å². The van der Waals surface area contributed by atoms with Crippen LogP contribution in [0.2, 0.25) is 0 Å². The quantitative estimate of drug-likeness (QED) is 0.406. The van der Waals surface area contributed by atoms with Gasteiger partial charge in [-0.2, -0.15) is 0 Å². The van der Waals surface area contributed by atoms with Gasteiger partial charge in [0.2, 0.25) is 11.8 Å². The molecule has 1 heterocycles. The summed E-state index contributed by atoms with van der Waals surface area (Å²) < 4.78 is 5.37. The minimum absolute atomic E-state index is 0.0392. The number of likely N-dealkylation sites (N-methyl/N-ethyl adjacent to an activating group) is 1. The van der Waals surface area contributed by atoms with Gasteiger partial charge in [-0.05, 0) is 43.8 Å². The molecule has 0 aromatic heterocycles. The van der Waals surface area contributed by atoms with E-state index in [0.29, 0.717) is 37.6 Å². The Morgan fingerprint density at radius 3 is 2.44 bits per heavy atom. The van der Waals surface area contributed by atoms with Crippen molar-refractivity contribution in [3.05, 3.63) is 58.1 Å². The van der Waals surface area contributed by atoms with Crippen LogP contribution in [0.5, 0.6) is 0 Å². The molecular formula is C24H31N5O5. The molecule has 0 spiro atoms. The number of nitrogens with zero attached hydrogens (tertiary/aromatic N) is 3. The normalized spacial score (nSPS) is 13.6. The zero-order valence-electron chi connectivity index (χ0n) is 19.6. The van der Waals surface area contributed by atoms with Crippen LogP contribution in [0.25, 0.3) is 0 Å². The smallest absolute Gasteiger partial charge is 0.274 e. The summed E-state index contributed by atoms with van der Waals surface area (Å²) in [6.07, 6.45) is 0.164. The zero-order valence-corrected chi connectivity index (χ0v) is 19.6. The van der Waals surface area contributed by atoms with E-state index >= 15 is 0 Å². The molecule has 0 radical (unpaired) electrons. The Bertz CT molecular complexity index is 1010. The number of carbonyl (C=O) groups is 2. The number of amides is 2. The fourth-order valence-electron chi connectivity index (χ4n) is 3.76. The molecule has 182 valence electrons. The number of hydrogen-bond donors (Lipinski definition) is 2. The third-order valence-corrected chi connectivity index (χ3v) is 5.77. The van der Waals surface area contributed by atoms with Crippen LogP contribution in [0, 0.1) is 17.0 Å². The molecule has 2 aromatic rings. The van der Waals surface area contributed by atoms with Gasteiger partial charge in [-0.3, -0.25) is 24.6 Å². The number of morpholine rings is 1. The lowest BCUT2D eigenvalue weighted by molar-refractivity contribution is -0.385. The highest BCUT2D eigenvalue weighted by Crippen LogP contribution is 2.25. The number of carbonyl (C=O) groups excluding carboxylic acids is 2. The number of nitro benzene ring substituents is 1. The summed E-state index contributed by atoms with van der Waals surface area (Å²) in [6, 6.07) is 12.3. The lowest BCUT2D eigenvalue weighted by atomic mass is 10.1. The number of nitrogens with one attached hydrogen (secondary N) is 2. The minimum atomic E-state index is -0.474. The highest BCUT2D eigenvalue weighted by atomic mass is 16.6. The van der Waals surface area contributed by atoms with Crippen LogP contribution in [0.3, 0.4) is 0 Å². The van der Waals surface area contributed by atoms with Crippen LogP contribution in [-0.4, -0.2) is 67.6 Å². The van der Waals surface area contributed by atoms with Gasteiger partial charge < -0.3 is 20.3 Å². The van der Waals surface area contributed by atoms with Crippen molar-refractivity contribution in [2.75, 3.05) is 61.5 Å². The maximum atomic E-state index is 12.5. The molecule has 1 aliphatic heterocycles. The Morgan fingerprint density at radius 1 is 1.09 bits per heavy atom. The summed E-state index contributed by atoms with van der Waals surface area (Å²) >= 11 is 0. The second-order valence-electron chi connectivity index (χ2n) is 8.07. The fraction of sp³-hybridized carbons (Fsp3) is 0.417. The highest BCUT2D eigenvalue weighted by molar-refractivity contribution is 5.93. The van der Waals surface area contributed by atoms with Crippen molar-refractivity contribution in [3.8, 4) is 0 Å². The average molecular weight is 470 g/mol. The second kappa shape index (κ2) is 12.1. The van der Waals surface area contributed by atoms with Crippen molar-refractivity contribution in [2.45, 2.75) is 20.3 Å². The Balaban J connectivity index is 1.46. The van der Waals surface area contributed by atoms with Crippen molar-refractivity contribution in [3.63, 3.8) is 0 Å². The predicted molar refractivity (Wildman–Crippen MR) is 131 cm³/mol. The molecule has 3 rings (SSSR count). The Morgan fingerprint density at radius 2 is 1.79 bits per heavy atom. The average Bonchev–Trinajstić information content (AvgIpc) is 2.84. The summed E-state index contributed by atoms with van der Waals surface area (Å²) in [5, 5.41) is 16.7. The second-order valence-corrected chi connectivity index (χ2v) is 8.07. The van der Waals surface area contributed by atoms with Crippen LogP contribution in [0.4, 0.5) is 22.7 Å². The number of anilines is 3. The molecule has 1 aliphatic rings. The SMILES string of the molecule is CCN(CCC(=O)Nc1cccc([N+](=O)[O-])c1C)CC(=O)Nc1ccc(N2CCOCC2)cc1. The molecule has 34 heavy (non-hydrogen) atoms. The van der Waals surface area contributed by atoms with E-state index in [1.54, 1.807) is 13.0 Å². The van der Waals surface area contributed by atoms with E-state index in [2.05, 4.69) is 15.5 Å². The molecule has 2 N–H and O–H groups in total. The first-order valence-electron chi connectivity index (χ1n) is 11.4. The van der Waals surface area contributed by atoms with Gasteiger partial charge in [-0.25, -0.2) is 0 Å². The molecule has 1 fully saturated rings. The van der Waals surface area contributed by atoms with E-state index in [4.69, 9.17) is 4.74 Å². The molecule has 2 aromatic carbocycles. The predicted octanol–water partition coefficient (Wildman–Crippen LogP) is 3.03. The largest absolute Gasteiger partial charge is 0.378 e. The van der Waals surface area contributed by atoms with Gasteiger partial charge in [0.05, 0.1) is 35.9 Å². The Labute approximate surface area is 199 Å². The molecule has 0 atom stereocenters. The molecule has 0 saturated carbocycles. The van der Waals surface area contributed by atoms with E-state index < -0.39 is 4.92 Å². The summed E-state index contributed by atoms with van der Waals surface area (Å²) in [5.74, 6) is -0.419. The molecular weight excluding hydrogens is 438 g/mol. The summed E-state index contributed by atoms with van der Waals surface area (Å²) in [5.41, 5.74) is 2.61. The topological polar surface area (TPSA) is 117 Å². The van der Waals surface area contributed by atoms with Crippen LogP contribution in [0.1, 0.15) is 18.9 Å². The van der Waals surface area contributed by atoms with Crippen molar-refractivity contribution >= 4 is 34.6 Å². The molecule has 2 amide bonds. The zero-order chi connectivity index (χ0) is 24.5. The van der Waals surface area contributed by atoms with Crippen molar-refractivity contribution in [1.29, 1.82) is 0 Å². The van der Waals surface area contributed by atoms with Crippen molar-refractivity contribution in [2.24, 2.45) is 0 Å². The summed E-state index contributed by atoms with van der Waals surface area (Å²) in [4.78, 5) is 39.6. The van der Waals surface area contributed by atoms with E-state index in [0.717, 1.165) is 24.5 Å². The molecule has 0 bridgehead atoms. The maximum absolute atomic E-state index is 12.5. The van der Waals surface area contributed by atoms with Gasteiger partial charge >= 0.3 is 0 Å². The Hall–Kier alpha value is -3.50. The summed E-state index contributed by atoms with van der Waals surface area (Å²) in [6.45, 7) is 7.81. The molecule has 10 nitrogen and oxygen atoms in total. The monoisotopic (exact) mass is 469 g/mol. The number of rotatable bonds is 10. The van der Waals surface area contributed by atoms with Gasteiger partial charge in [-0.1, -0.05) is 13.0 Å². The van der Waals surface area contributed by atoms with E-state index in [1.165, 1.54) is 12.1 Å². The highest BCUT2D eigenvalue weighted by Gasteiger charge is 2.16. The standard InChI is InChI=1S/C24H31N5O5/c1-3-27(12-11-23(30)26-21-5-4-6-22(18(21)2)29(32)33)17-24(31)25-19-7-9-20(10-8-19)28-13-15-34-16-14-28/h4-10H,3,11-17H2,1-2H3,(H,25,31)(H,26,30). The van der Waals surface area contributed by atoms with Gasteiger partial charge in [0.15, 0.2) is 0 Å². The Kier molecular flexibility index (Phi) is 8.94. The number of hydrogen-bond acceptors (Lipinski definition) is 7. The van der Waals surface area contributed by atoms with Gasteiger partial charge in [0.1, 0.15) is 0 Å². The number of benzene rings is 2. The van der Waals surface area contributed by atoms with Crippen molar-refractivity contribution < 1.29 is 19.2 Å². The third kappa shape index (κ3) is 7.00. The molecule has 0 aliphatic carbocycles. The number of ether oxygens (including phenoxy) is 1. The lowest BCUT2D eigenvalue weighted by Gasteiger charge is -2.29. The molecule has 0 unspecified atom stereocenters. The van der Waals surface area contributed by atoms with Crippen LogP contribution in [0.15, 0.2) is 42.5 Å². The summed E-state index contributed by atoms with van der Waals surface area (Å²) in [7, 11) is 0. The van der Waals surface area contributed by atoms with Gasteiger partial charge in [-0.15, -0.1) is 0 Å². The van der Waals surface area contributed by atoms with Crippen LogP contribution >= 0.6 is 0 Å². The molecule has 10 heteroatoms. The first kappa shape index (κ1) is 25.1. The van der Waals surface area contributed by atoms with Crippen LogP contribution < -0.4 is 15.5 Å². The third-order valence-electron chi connectivity index (χ3n) is 5.77. The lowest BCUT2D eigenvalue weighted by Crippen LogP contribution is -2.36. The molecule has 1 saturated heterocycles. The van der Waals surface area contributed by atoms with E-state index in [1.807, 2.05) is 36.1 Å². The maximum Gasteiger partial charge on any atom is 0.274 e. The van der Waals surface area contributed by atoms with Gasteiger partial charge in [0.25, 0.3) is 5.69 Å². The van der Waals surface area contributed by atoms with Gasteiger partial charge in [0, 0.05) is 43.5 Å². The fourth-order valence-corrected chi connectivity index (χ4v) is 3.76. The first-order valence-corrected chi connectivity index (χ1v) is 11.4. The van der Waals surface area contributed by atoms with E-state index in [9.17, 15) is 19.7 Å². The van der Waals surface area contributed by atoms with E-state index in [-0.39, 0.29) is 30.5 Å². The minimum Gasteiger partial charge on any atom is -0.378 e. The first-order chi connectivity index (χ1) is 16.4.